The van der Waals surface area contributed by atoms with E-state index in [9.17, 15) is 9.18 Å². The molecule has 4 nitrogen and oxygen atoms in total. The molecule has 1 heterocycles. The molecule has 0 atom stereocenters. The maximum absolute atomic E-state index is 12.1. The quantitative estimate of drug-likeness (QED) is 0.633. The van der Waals surface area contributed by atoms with Crippen LogP contribution < -0.4 is 5.69 Å². The average Bonchev–Trinajstić information content (AvgIpc) is 1.80. The molecule has 0 amide bonds. The maximum atomic E-state index is 12.1. The number of nitrogens with one attached hydrogen (secondary N) is 2. The fourth-order valence-electron chi connectivity index (χ4n) is 0.379. The first kappa shape index (κ1) is 9.19. The van der Waals surface area contributed by atoms with Gasteiger partial charge in [0.15, 0.2) is 0 Å². The van der Waals surface area contributed by atoms with Crippen molar-refractivity contribution in [2.45, 2.75) is 0 Å². The van der Waals surface area contributed by atoms with Gasteiger partial charge in [0, 0.05) is 18.6 Å². The summed E-state index contributed by atoms with van der Waals surface area (Å²) in [7, 11) is 0. The van der Waals surface area contributed by atoms with Crippen LogP contribution in [-0.4, -0.2) is 9.97 Å². The van der Waals surface area contributed by atoms with Crippen LogP contribution in [0.3, 0.4) is 0 Å². The standard InChI is InChI=1S/C4H4FN3O.V/c5-2-1-7-4(9)8-3(2)6;/h1H,(H3,6,7,8,9);/p-1. The van der Waals surface area contributed by atoms with Gasteiger partial charge >= 0.3 is 0 Å². The predicted molar refractivity (Wildman–Crippen MR) is 28.8 cm³/mol. The van der Waals surface area contributed by atoms with Crippen molar-refractivity contribution < 1.29 is 22.9 Å². The first-order valence-electron chi connectivity index (χ1n) is 2.16. The number of rotatable bonds is 0. The van der Waals surface area contributed by atoms with E-state index >= 15 is 0 Å². The van der Waals surface area contributed by atoms with Gasteiger partial charge in [-0.2, -0.15) is 0 Å². The smallest absolute Gasteiger partial charge is 0.263 e. The van der Waals surface area contributed by atoms with E-state index in [0.29, 0.717) is 6.20 Å². The molecule has 2 N–H and O–H groups in total. The van der Waals surface area contributed by atoms with E-state index in [0.717, 1.165) is 0 Å². The molecule has 1 aromatic rings. The third-order valence-corrected chi connectivity index (χ3v) is 0.766. The van der Waals surface area contributed by atoms with E-state index in [4.69, 9.17) is 5.73 Å². The van der Waals surface area contributed by atoms with Crippen molar-refractivity contribution in [3.05, 3.63) is 28.2 Å². The molecule has 1 aromatic heterocycles. The molecule has 0 spiro atoms. The number of aromatic nitrogens is 2. The molecule has 6 heteroatoms. The van der Waals surface area contributed by atoms with Gasteiger partial charge in [-0.25, -0.2) is 9.37 Å². The Morgan fingerprint density at radius 3 is 2.70 bits per heavy atom. The largest absolute Gasteiger partial charge is 0.480 e. The summed E-state index contributed by atoms with van der Waals surface area (Å²) >= 11 is 0. The number of H-pyrrole nitrogens is 1. The molecular weight excluding hydrogens is 176 g/mol. The SMILES string of the molecule is [NH-]c1[nH]c(=O)ncc1F.[V]. The molecule has 53 valence electrons. The number of aromatic amines is 1. The van der Waals surface area contributed by atoms with Crippen LogP contribution in [0.25, 0.3) is 5.73 Å². The minimum absolute atomic E-state index is 0. The van der Waals surface area contributed by atoms with Gasteiger partial charge in [0.2, 0.25) is 0 Å². The first-order valence-corrected chi connectivity index (χ1v) is 2.16. The zero-order valence-corrected chi connectivity index (χ0v) is 6.15. The number of nitrogens with zero attached hydrogens (tertiary/aromatic N) is 1. The normalized spacial score (nSPS) is 8.50. The first-order chi connectivity index (χ1) is 4.20. The van der Waals surface area contributed by atoms with E-state index in [2.05, 4.69) is 4.98 Å². The molecule has 0 bridgehead atoms. The summed E-state index contributed by atoms with van der Waals surface area (Å²) in [4.78, 5) is 15.1. The van der Waals surface area contributed by atoms with Gasteiger partial charge in [-0.05, 0) is 5.82 Å². The average molecular weight is 179 g/mol. The zero-order valence-electron chi connectivity index (χ0n) is 4.76. The fourth-order valence-corrected chi connectivity index (χ4v) is 0.379. The van der Waals surface area contributed by atoms with Crippen LogP contribution in [0.4, 0.5) is 10.2 Å². The minimum atomic E-state index is -0.824. The van der Waals surface area contributed by atoms with Gasteiger partial charge < -0.3 is 10.7 Å². The van der Waals surface area contributed by atoms with Crippen molar-refractivity contribution in [1.82, 2.24) is 9.97 Å². The Kier molecular flexibility index (Phi) is 3.11. The van der Waals surface area contributed by atoms with Crippen LogP contribution in [-0.2, 0) is 18.6 Å². The van der Waals surface area contributed by atoms with Crippen LogP contribution in [0.2, 0.25) is 0 Å². The van der Waals surface area contributed by atoms with E-state index in [1.807, 2.05) is 4.98 Å². The molecule has 1 rings (SSSR count). The Hall–Kier alpha value is -0.806. The van der Waals surface area contributed by atoms with Gasteiger partial charge in [-0.15, -0.1) is 0 Å². The third kappa shape index (κ3) is 1.86. The summed E-state index contributed by atoms with van der Waals surface area (Å²) in [6.45, 7) is 0. The van der Waals surface area contributed by atoms with Crippen LogP contribution in [0.1, 0.15) is 0 Å². The van der Waals surface area contributed by atoms with Crippen LogP contribution >= 0.6 is 0 Å². The van der Waals surface area contributed by atoms with E-state index in [1.165, 1.54) is 0 Å². The van der Waals surface area contributed by atoms with Crippen LogP contribution in [0.5, 0.6) is 0 Å². The molecule has 0 aliphatic rings. The van der Waals surface area contributed by atoms with Gasteiger partial charge in [0.1, 0.15) is 5.82 Å². The topological polar surface area (TPSA) is 69.6 Å². The van der Waals surface area contributed by atoms with Crippen LogP contribution in [0.15, 0.2) is 11.0 Å². The zero-order chi connectivity index (χ0) is 6.85. The van der Waals surface area contributed by atoms with Gasteiger partial charge in [0.25, 0.3) is 5.69 Å². The van der Waals surface area contributed by atoms with Crippen molar-refractivity contribution in [3.8, 4) is 0 Å². The molecule has 0 unspecified atom stereocenters. The Morgan fingerprint density at radius 1 is 1.70 bits per heavy atom. The second kappa shape index (κ2) is 3.38. The second-order valence-corrected chi connectivity index (χ2v) is 1.41. The van der Waals surface area contributed by atoms with Gasteiger partial charge in [-0.1, -0.05) is 0 Å². The Morgan fingerprint density at radius 2 is 2.30 bits per heavy atom. The molecule has 10 heavy (non-hydrogen) atoms. The maximum Gasteiger partial charge on any atom is 0.263 e. The Labute approximate surface area is 67.5 Å². The van der Waals surface area contributed by atoms with E-state index in [-0.39, 0.29) is 18.6 Å². The van der Waals surface area contributed by atoms with Crippen molar-refractivity contribution in [2.24, 2.45) is 0 Å². The summed E-state index contributed by atoms with van der Waals surface area (Å²) in [6.07, 6.45) is 0.709. The molecule has 0 fully saturated rings. The van der Waals surface area contributed by atoms with Crippen LogP contribution in [0, 0.1) is 5.82 Å². The Bertz CT molecular complexity index is 273. The summed E-state index contributed by atoms with van der Waals surface area (Å²) in [5, 5.41) is 0. The number of hydrogen-bond donors (Lipinski definition) is 1. The molecule has 1 radical (unpaired) electrons. The number of hydrogen-bond acceptors (Lipinski definition) is 2. The van der Waals surface area contributed by atoms with Crippen molar-refractivity contribution in [3.63, 3.8) is 0 Å². The minimum Gasteiger partial charge on any atom is -0.480 e. The predicted octanol–water partition coefficient (Wildman–Crippen LogP) is 0.590. The molecule has 0 aromatic carbocycles. The fraction of sp³-hybridized carbons (Fsp3) is 0. The molecule has 0 saturated carbocycles. The molecule has 0 aliphatic heterocycles. The summed E-state index contributed by atoms with van der Waals surface area (Å²) in [6, 6.07) is 0. The monoisotopic (exact) mass is 179 g/mol. The molecule has 0 saturated heterocycles. The van der Waals surface area contributed by atoms with Gasteiger partial charge in [0.05, 0.1) is 6.20 Å². The van der Waals surface area contributed by atoms with Crippen molar-refractivity contribution >= 4 is 5.82 Å². The second-order valence-electron chi connectivity index (χ2n) is 1.41. The third-order valence-electron chi connectivity index (χ3n) is 0.766. The Balaban J connectivity index is 0.000000810. The van der Waals surface area contributed by atoms with E-state index in [1.54, 1.807) is 0 Å². The molecule has 0 aliphatic carbocycles. The van der Waals surface area contributed by atoms with Crippen molar-refractivity contribution in [2.75, 3.05) is 0 Å². The number of halogens is 1. The summed E-state index contributed by atoms with van der Waals surface area (Å²) in [5.74, 6) is -1.36. The van der Waals surface area contributed by atoms with Crippen molar-refractivity contribution in [1.29, 1.82) is 0 Å². The van der Waals surface area contributed by atoms with Gasteiger partial charge in [-0.3, -0.25) is 4.79 Å². The summed E-state index contributed by atoms with van der Waals surface area (Å²) in [5.41, 5.74) is 5.98. The molecular formula is C4H3FN3OV-. The van der Waals surface area contributed by atoms with E-state index < -0.39 is 17.3 Å². The summed E-state index contributed by atoms with van der Waals surface area (Å²) < 4.78 is 12.1.